The molecule has 146 valence electrons. The first-order chi connectivity index (χ1) is 12.3. The van der Waals surface area contributed by atoms with Crippen LogP contribution < -0.4 is 0 Å². The molecule has 1 heterocycles. The molecular weight excluding hydrogens is 304 g/mol. The van der Waals surface area contributed by atoms with Gasteiger partial charge in [0, 0.05) is 0 Å². The molecular formula is C23H45N2+. The molecule has 0 fully saturated rings. The zero-order valence-corrected chi connectivity index (χ0v) is 17.4. The zero-order valence-electron chi connectivity index (χ0n) is 17.4. The van der Waals surface area contributed by atoms with E-state index in [9.17, 15) is 0 Å². The van der Waals surface area contributed by atoms with Gasteiger partial charge in [-0.2, -0.15) is 0 Å². The van der Waals surface area contributed by atoms with Crippen molar-refractivity contribution in [3.8, 4) is 0 Å². The summed E-state index contributed by atoms with van der Waals surface area (Å²) < 4.78 is 1.02. The number of quaternary nitrogens is 1. The Labute approximate surface area is 158 Å². The van der Waals surface area contributed by atoms with Crippen LogP contribution in [0.3, 0.4) is 0 Å². The predicted octanol–water partition coefficient (Wildman–Crippen LogP) is 7.60. The minimum atomic E-state index is 1.02. The average molecular weight is 350 g/mol. The first kappa shape index (κ1) is 22.4. The molecule has 0 N–H and O–H groups in total. The number of hydrogen-bond donors (Lipinski definition) is 0. The van der Waals surface area contributed by atoms with E-state index >= 15 is 0 Å². The normalized spacial score (nSPS) is 15.3. The van der Waals surface area contributed by atoms with Crippen LogP contribution in [0.15, 0.2) is 17.4 Å². The highest BCUT2D eigenvalue weighted by Crippen LogP contribution is 2.18. The summed E-state index contributed by atoms with van der Waals surface area (Å²) in [6, 6.07) is 0. The Balaban J connectivity index is 2.04. The molecule has 1 aliphatic rings. The third-order valence-electron chi connectivity index (χ3n) is 5.60. The van der Waals surface area contributed by atoms with Crippen molar-refractivity contribution in [2.45, 2.75) is 117 Å². The Morgan fingerprint density at radius 1 is 0.560 bits per heavy atom. The number of unbranched alkanes of at least 4 members (excludes halogenated alkanes) is 14. The number of rotatable bonds is 18. The van der Waals surface area contributed by atoms with Crippen LogP contribution >= 0.6 is 0 Å². The second-order valence-corrected chi connectivity index (χ2v) is 8.06. The van der Waals surface area contributed by atoms with Gasteiger partial charge in [0.25, 0.3) is 0 Å². The summed E-state index contributed by atoms with van der Waals surface area (Å²) in [6.07, 6.45) is 29.0. The molecule has 25 heavy (non-hydrogen) atoms. The second-order valence-electron chi connectivity index (χ2n) is 8.06. The Hall–Kier alpha value is -0.630. The Morgan fingerprint density at radius 3 is 1.32 bits per heavy atom. The van der Waals surface area contributed by atoms with Crippen molar-refractivity contribution in [3.63, 3.8) is 0 Å². The molecule has 0 aromatic rings. The number of nitrogens with zero attached hydrogens (tertiary/aromatic N) is 2. The maximum absolute atomic E-state index is 4.40. The molecule has 2 heteroatoms. The fourth-order valence-electron chi connectivity index (χ4n) is 3.84. The molecule has 0 atom stereocenters. The van der Waals surface area contributed by atoms with Crippen molar-refractivity contribution < 1.29 is 4.48 Å². The molecule has 0 aromatic carbocycles. The minimum Gasteiger partial charge on any atom is -0.254 e. The van der Waals surface area contributed by atoms with Crippen molar-refractivity contribution in [3.05, 3.63) is 12.4 Å². The lowest BCUT2D eigenvalue weighted by molar-refractivity contribution is -0.780. The topological polar surface area (TPSA) is 12.4 Å². The molecule has 0 amide bonds. The Bertz CT molecular complexity index is 312. The van der Waals surface area contributed by atoms with Crippen molar-refractivity contribution in [1.29, 1.82) is 0 Å². The van der Waals surface area contributed by atoms with E-state index in [-0.39, 0.29) is 0 Å². The van der Waals surface area contributed by atoms with E-state index in [1.54, 1.807) is 0 Å². The van der Waals surface area contributed by atoms with Crippen LogP contribution in [0.1, 0.15) is 117 Å². The molecule has 1 aliphatic heterocycles. The molecule has 0 radical (unpaired) electrons. The highest BCUT2D eigenvalue weighted by atomic mass is 15.4. The van der Waals surface area contributed by atoms with E-state index in [0.717, 1.165) is 4.48 Å². The average Bonchev–Trinajstić information content (AvgIpc) is 3.09. The van der Waals surface area contributed by atoms with Crippen LogP contribution in [0.4, 0.5) is 0 Å². The van der Waals surface area contributed by atoms with Crippen LogP contribution in [0.25, 0.3) is 0 Å². The summed E-state index contributed by atoms with van der Waals surface area (Å²) in [6.45, 7) is 7.10. The summed E-state index contributed by atoms with van der Waals surface area (Å²) in [7, 11) is 0. The van der Waals surface area contributed by atoms with Crippen molar-refractivity contribution in [2.24, 2.45) is 4.99 Å². The lowest BCUT2D eigenvalue weighted by atomic mass is 10.1. The van der Waals surface area contributed by atoms with Gasteiger partial charge in [-0.1, -0.05) is 90.9 Å². The van der Waals surface area contributed by atoms with Gasteiger partial charge in [-0.25, -0.2) is 4.99 Å². The van der Waals surface area contributed by atoms with E-state index in [1.807, 2.05) is 6.20 Å². The SMILES string of the molecule is CCCCCCCCCC[N+]1(CCCCCCCCCC)C=CN=C1. The van der Waals surface area contributed by atoms with E-state index in [1.165, 1.54) is 116 Å². The van der Waals surface area contributed by atoms with Gasteiger partial charge >= 0.3 is 0 Å². The van der Waals surface area contributed by atoms with Crippen molar-refractivity contribution >= 4 is 6.34 Å². The van der Waals surface area contributed by atoms with Gasteiger partial charge in [-0.3, -0.25) is 4.48 Å². The van der Waals surface area contributed by atoms with Gasteiger partial charge in [0.1, 0.15) is 6.20 Å². The molecule has 0 aromatic heterocycles. The molecule has 0 saturated heterocycles. The minimum absolute atomic E-state index is 1.02. The van der Waals surface area contributed by atoms with Gasteiger partial charge in [0.15, 0.2) is 6.34 Å². The highest BCUT2D eigenvalue weighted by molar-refractivity contribution is 5.50. The molecule has 0 unspecified atom stereocenters. The summed E-state index contributed by atoms with van der Waals surface area (Å²) in [5.74, 6) is 0. The molecule has 2 nitrogen and oxygen atoms in total. The maximum Gasteiger partial charge on any atom is 0.194 e. The lowest BCUT2D eigenvalue weighted by Gasteiger charge is -2.27. The van der Waals surface area contributed by atoms with E-state index in [2.05, 4.69) is 31.4 Å². The summed E-state index contributed by atoms with van der Waals surface area (Å²) in [5.41, 5.74) is 0. The van der Waals surface area contributed by atoms with Gasteiger partial charge < -0.3 is 0 Å². The first-order valence-electron chi connectivity index (χ1n) is 11.4. The maximum atomic E-state index is 4.40. The Kier molecular flexibility index (Phi) is 14.0. The summed E-state index contributed by atoms with van der Waals surface area (Å²) in [5, 5.41) is 0. The van der Waals surface area contributed by atoms with Gasteiger partial charge in [-0.15, -0.1) is 0 Å². The smallest absolute Gasteiger partial charge is 0.194 e. The first-order valence-corrected chi connectivity index (χ1v) is 11.4. The van der Waals surface area contributed by atoms with E-state index < -0.39 is 0 Å². The van der Waals surface area contributed by atoms with Crippen LogP contribution in [0, 0.1) is 0 Å². The number of hydrogen-bond acceptors (Lipinski definition) is 1. The molecule has 0 spiro atoms. The largest absolute Gasteiger partial charge is 0.254 e. The van der Waals surface area contributed by atoms with Gasteiger partial charge in [-0.05, 0) is 25.7 Å². The second kappa shape index (κ2) is 15.6. The third kappa shape index (κ3) is 11.6. The van der Waals surface area contributed by atoms with E-state index in [4.69, 9.17) is 0 Å². The standard InChI is InChI=1S/C23H45N2/c1-3-5-7-9-11-13-15-17-20-25(22-19-24-23-25)21-18-16-14-12-10-8-6-4-2/h19,22-23H,3-18,20-21H2,1-2H3/q+1. The third-order valence-corrected chi connectivity index (χ3v) is 5.60. The Morgan fingerprint density at radius 2 is 0.960 bits per heavy atom. The molecule has 0 saturated carbocycles. The number of aliphatic imine (C=N–C) groups is 1. The van der Waals surface area contributed by atoms with Gasteiger partial charge in [0.05, 0.1) is 19.3 Å². The van der Waals surface area contributed by atoms with Gasteiger partial charge in [0.2, 0.25) is 0 Å². The molecule has 0 bridgehead atoms. The van der Waals surface area contributed by atoms with Crippen molar-refractivity contribution in [1.82, 2.24) is 0 Å². The van der Waals surface area contributed by atoms with Crippen LogP contribution in [0.2, 0.25) is 0 Å². The van der Waals surface area contributed by atoms with Crippen LogP contribution in [-0.4, -0.2) is 23.9 Å². The zero-order chi connectivity index (χ0) is 18.1. The predicted molar refractivity (Wildman–Crippen MR) is 113 cm³/mol. The van der Waals surface area contributed by atoms with Crippen LogP contribution in [0.5, 0.6) is 0 Å². The summed E-state index contributed by atoms with van der Waals surface area (Å²) in [4.78, 5) is 4.40. The summed E-state index contributed by atoms with van der Waals surface area (Å²) >= 11 is 0. The lowest BCUT2D eigenvalue weighted by Crippen LogP contribution is -2.41. The van der Waals surface area contributed by atoms with Crippen LogP contribution in [-0.2, 0) is 0 Å². The molecule has 1 rings (SSSR count). The quantitative estimate of drug-likeness (QED) is 0.178. The fourth-order valence-corrected chi connectivity index (χ4v) is 3.84. The monoisotopic (exact) mass is 349 g/mol. The van der Waals surface area contributed by atoms with E-state index in [0.29, 0.717) is 0 Å². The van der Waals surface area contributed by atoms with Crippen molar-refractivity contribution in [2.75, 3.05) is 13.1 Å². The molecule has 0 aliphatic carbocycles. The fraction of sp³-hybridized carbons (Fsp3) is 0.870. The highest BCUT2D eigenvalue weighted by Gasteiger charge is 2.24.